The molecule has 24 heavy (non-hydrogen) atoms. The number of hydrogen-bond donors (Lipinski definition) is 0. The first kappa shape index (κ1) is 16.6. The van der Waals surface area contributed by atoms with Crippen LogP contribution in [0, 0.1) is 0 Å². The van der Waals surface area contributed by atoms with E-state index in [0.29, 0.717) is 15.9 Å². The fraction of sp³-hybridized carbons (Fsp3) is 0.176. The second-order valence-corrected chi connectivity index (χ2v) is 8.75. The Morgan fingerprint density at radius 1 is 1.17 bits per heavy atom. The molecule has 0 radical (unpaired) electrons. The molecule has 0 N–H and O–H groups in total. The van der Waals surface area contributed by atoms with Crippen molar-refractivity contribution in [2.45, 2.75) is 5.75 Å². The van der Waals surface area contributed by atoms with Crippen LogP contribution in [0.25, 0.3) is 10.2 Å². The topological polar surface area (TPSA) is 68.5 Å². The predicted octanol–water partition coefficient (Wildman–Crippen LogP) is 2.53. The van der Waals surface area contributed by atoms with Crippen LogP contribution in [0.4, 0.5) is 0 Å². The molecule has 3 rings (SSSR count). The zero-order valence-corrected chi connectivity index (χ0v) is 14.9. The van der Waals surface area contributed by atoms with Crippen molar-refractivity contribution >= 4 is 37.3 Å². The van der Waals surface area contributed by atoms with E-state index in [-0.39, 0.29) is 11.7 Å². The number of aryl methyl sites for hydroxylation is 1. The van der Waals surface area contributed by atoms with Crippen LogP contribution in [-0.2, 0) is 22.6 Å². The van der Waals surface area contributed by atoms with Crippen LogP contribution in [-0.4, -0.2) is 25.1 Å². The minimum Gasteiger partial charge on any atom is -0.319 e. The number of carbonyl (C=O) groups is 1. The third-order valence-corrected chi connectivity index (χ3v) is 5.49. The number of fused-ring (bicyclic) bond motifs is 1. The summed E-state index contributed by atoms with van der Waals surface area (Å²) in [6, 6.07) is 14.4. The second kappa shape index (κ2) is 6.33. The van der Waals surface area contributed by atoms with Crippen molar-refractivity contribution in [1.82, 2.24) is 4.57 Å². The Balaban J connectivity index is 2.00. The second-order valence-electron chi connectivity index (χ2n) is 5.60. The summed E-state index contributed by atoms with van der Waals surface area (Å²) in [4.78, 5) is 17.2. The van der Waals surface area contributed by atoms with Crippen LogP contribution in [0.2, 0.25) is 0 Å². The molecule has 5 nitrogen and oxygen atoms in total. The Bertz CT molecular complexity index is 1090. The van der Waals surface area contributed by atoms with Crippen LogP contribution in [0.1, 0.15) is 15.9 Å². The van der Waals surface area contributed by atoms with Crippen molar-refractivity contribution in [3.05, 3.63) is 64.5 Å². The van der Waals surface area contributed by atoms with Gasteiger partial charge in [-0.2, -0.15) is 4.99 Å². The van der Waals surface area contributed by atoms with Gasteiger partial charge in [0, 0.05) is 18.9 Å². The van der Waals surface area contributed by atoms with Crippen LogP contribution in [0.5, 0.6) is 0 Å². The third-order valence-electron chi connectivity index (χ3n) is 3.51. The summed E-state index contributed by atoms with van der Waals surface area (Å²) in [5.41, 5.74) is 1.98. The highest BCUT2D eigenvalue weighted by Gasteiger charge is 2.10. The Morgan fingerprint density at radius 2 is 1.92 bits per heavy atom. The summed E-state index contributed by atoms with van der Waals surface area (Å²) in [7, 11) is -1.28. The molecule has 7 heteroatoms. The van der Waals surface area contributed by atoms with Crippen molar-refractivity contribution in [2.75, 3.05) is 6.26 Å². The van der Waals surface area contributed by atoms with E-state index in [1.807, 2.05) is 35.9 Å². The molecule has 0 bridgehead atoms. The molecule has 0 saturated carbocycles. The van der Waals surface area contributed by atoms with Crippen LogP contribution >= 0.6 is 11.3 Å². The zero-order chi connectivity index (χ0) is 17.3. The summed E-state index contributed by atoms with van der Waals surface area (Å²) in [5.74, 6) is -0.474. The lowest BCUT2D eigenvalue weighted by molar-refractivity contribution is 0.0998. The maximum Gasteiger partial charge on any atom is 0.279 e. The molecule has 0 saturated heterocycles. The molecule has 1 heterocycles. The lowest BCUT2D eigenvalue weighted by Crippen LogP contribution is -2.13. The van der Waals surface area contributed by atoms with E-state index in [0.717, 1.165) is 10.2 Å². The Hall–Kier alpha value is -2.25. The number of para-hydroxylation sites is 1. The predicted molar refractivity (Wildman–Crippen MR) is 95.7 cm³/mol. The van der Waals surface area contributed by atoms with Crippen LogP contribution in [0.15, 0.2) is 53.5 Å². The van der Waals surface area contributed by atoms with Crippen molar-refractivity contribution in [2.24, 2.45) is 12.0 Å². The molecule has 2 aromatic carbocycles. The van der Waals surface area contributed by atoms with Gasteiger partial charge in [-0.1, -0.05) is 35.6 Å². The number of thiazole rings is 1. The molecular formula is C17H16N2O3S2. The first-order valence-electron chi connectivity index (χ1n) is 7.24. The Morgan fingerprint density at radius 3 is 2.62 bits per heavy atom. The van der Waals surface area contributed by atoms with Crippen molar-refractivity contribution < 1.29 is 13.2 Å². The number of hydrogen-bond acceptors (Lipinski definition) is 4. The lowest BCUT2D eigenvalue weighted by Gasteiger charge is -2.01. The molecule has 124 valence electrons. The molecule has 0 fully saturated rings. The number of aromatic nitrogens is 1. The van der Waals surface area contributed by atoms with E-state index in [1.54, 1.807) is 24.3 Å². The summed E-state index contributed by atoms with van der Waals surface area (Å²) in [6.07, 6.45) is 1.17. The van der Waals surface area contributed by atoms with Gasteiger partial charge in [-0.05, 0) is 29.8 Å². The largest absolute Gasteiger partial charge is 0.319 e. The first-order valence-corrected chi connectivity index (χ1v) is 10.1. The van der Waals surface area contributed by atoms with Gasteiger partial charge in [-0.25, -0.2) is 8.42 Å². The van der Waals surface area contributed by atoms with Crippen molar-refractivity contribution in [3.8, 4) is 0 Å². The monoisotopic (exact) mass is 360 g/mol. The number of rotatable bonds is 3. The molecule has 1 amide bonds. The first-order chi connectivity index (χ1) is 11.3. The summed E-state index contributed by atoms with van der Waals surface area (Å²) in [6.45, 7) is 0. The minimum atomic E-state index is -3.15. The van der Waals surface area contributed by atoms with E-state index in [4.69, 9.17) is 0 Å². The molecule has 3 aromatic rings. The number of carbonyl (C=O) groups excluding carboxylic acids is 1. The SMILES string of the molecule is Cn1c(=NC(=O)c2cccc(CS(C)(=O)=O)c2)sc2ccccc21. The lowest BCUT2D eigenvalue weighted by atomic mass is 10.1. The smallest absolute Gasteiger partial charge is 0.279 e. The summed E-state index contributed by atoms with van der Waals surface area (Å²) in [5, 5.41) is 0. The average molecular weight is 360 g/mol. The van der Waals surface area contributed by atoms with Gasteiger partial charge in [0.25, 0.3) is 5.91 Å². The maximum atomic E-state index is 12.4. The third kappa shape index (κ3) is 3.63. The highest BCUT2D eigenvalue weighted by atomic mass is 32.2. The minimum absolute atomic E-state index is 0.0925. The molecule has 0 atom stereocenters. The van der Waals surface area contributed by atoms with Gasteiger partial charge in [0.15, 0.2) is 14.6 Å². The number of nitrogens with zero attached hydrogens (tertiary/aromatic N) is 2. The van der Waals surface area contributed by atoms with Gasteiger partial charge < -0.3 is 4.57 Å². The van der Waals surface area contributed by atoms with Gasteiger partial charge in [-0.15, -0.1) is 0 Å². The molecule has 0 aliphatic rings. The van der Waals surface area contributed by atoms with E-state index in [1.165, 1.54) is 17.6 Å². The quantitative estimate of drug-likeness (QED) is 0.721. The normalized spacial score (nSPS) is 12.7. The Kier molecular flexibility index (Phi) is 4.38. The van der Waals surface area contributed by atoms with Gasteiger partial charge in [0.2, 0.25) is 0 Å². The fourth-order valence-corrected chi connectivity index (χ4v) is 4.24. The van der Waals surface area contributed by atoms with Gasteiger partial charge in [-0.3, -0.25) is 4.79 Å². The number of benzene rings is 2. The fourth-order valence-electron chi connectivity index (χ4n) is 2.44. The van der Waals surface area contributed by atoms with Gasteiger partial charge in [0.05, 0.1) is 16.0 Å². The van der Waals surface area contributed by atoms with Crippen molar-refractivity contribution in [1.29, 1.82) is 0 Å². The van der Waals surface area contributed by atoms with E-state index in [2.05, 4.69) is 4.99 Å². The molecule has 0 aliphatic heterocycles. The standard InChI is InChI=1S/C17H16N2O3S2/c1-19-14-8-3-4-9-15(14)23-17(19)18-16(20)13-7-5-6-12(10-13)11-24(2,21)22/h3-10H,11H2,1-2H3. The van der Waals surface area contributed by atoms with E-state index < -0.39 is 9.84 Å². The molecule has 1 aromatic heterocycles. The summed E-state index contributed by atoms with van der Waals surface area (Å²) >= 11 is 1.44. The molecule has 0 spiro atoms. The molecule has 0 aliphatic carbocycles. The van der Waals surface area contributed by atoms with E-state index >= 15 is 0 Å². The molecular weight excluding hydrogens is 344 g/mol. The highest BCUT2D eigenvalue weighted by molar-refractivity contribution is 7.89. The molecule has 0 unspecified atom stereocenters. The zero-order valence-electron chi connectivity index (χ0n) is 13.3. The van der Waals surface area contributed by atoms with Gasteiger partial charge >= 0.3 is 0 Å². The van der Waals surface area contributed by atoms with Crippen LogP contribution < -0.4 is 4.80 Å². The van der Waals surface area contributed by atoms with Crippen molar-refractivity contribution in [3.63, 3.8) is 0 Å². The summed E-state index contributed by atoms with van der Waals surface area (Å²) < 4.78 is 25.7. The highest BCUT2D eigenvalue weighted by Crippen LogP contribution is 2.15. The van der Waals surface area contributed by atoms with E-state index in [9.17, 15) is 13.2 Å². The average Bonchev–Trinajstić information content (AvgIpc) is 2.82. The number of sulfone groups is 1. The van der Waals surface area contributed by atoms with Crippen LogP contribution in [0.3, 0.4) is 0 Å². The Labute approximate surface area is 143 Å². The number of amides is 1. The van der Waals surface area contributed by atoms with Gasteiger partial charge in [0.1, 0.15) is 0 Å². The maximum absolute atomic E-state index is 12.4.